The third kappa shape index (κ3) is 3.36. The minimum Gasteiger partial charge on any atom is -0.466 e. The maximum atomic E-state index is 14.0. The Bertz CT molecular complexity index is 1290. The molecule has 1 amide bonds. The molecule has 0 bridgehead atoms. The molecule has 0 saturated heterocycles. The number of fused-ring (bicyclic) bond motifs is 2. The van der Waals surface area contributed by atoms with Gasteiger partial charge in [0, 0.05) is 11.3 Å². The predicted octanol–water partition coefficient (Wildman–Crippen LogP) is 2.19. The minimum atomic E-state index is -1.91. The SMILES string of the molecule is COC(=O)C1=C(C)OC(N)=C(C#N)[C@@]12C(=O)N(CC(=O)OCc1ccccc1)c1ccccc12. The molecule has 2 heterocycles. The molecule has 2 aromatic carbocycles. The van der Waals surface area contributed by atoms with Gasteiger partial charge in [0.25, 0.3) is 0 Å². The van der Waals surface area contributed by atoms with Crippen LogP contribution in [0, 0.1) is 11.3 Å². The number of anilines is 1. The highest BCUT2D eigenvalue weighted by Crippen LogP contribution is 2.54. The molecule has 0 fully saturated rings. The molecule has 0 unspecified atom stereocenters. The van der Waals surface area contributed by atoms with Crippen molar-refractivity contribution in [1.82, 2.24) is 0 Å². The van der Waals surface area contributed by atoms with Gasteiger partial charge in [-0.25, -0.2) is 4.79 Å². The molecule has 2 N–H and O–H groups in total. The first-order chi connectivity index (χ1) is 16.4. The maximum Gasteiger partial charge on any atom is 0.339 e. The molecule has 172 valence electrons. The number of allylic oxidation sites excluding steroid dienone is 1. The highest BCUT2D eigenvalue weighted by Gasteiger charge is 2.62. The average molecular weight is 459 g/mol. The molecule has 1 spiro atoms. The summed E-state index contributed by atoms with van der Waals surface area (Å²) in [4.78, 5) is 40.8. The van der Waals surface area contributed by atoms with Crippen LogP contribution in [-0.4, -0.2) is 31.5 Å². The van der Waals surface area contributed by atoms with Crippen LogP contribution in [0.2, 0.25) is 0 Å². The predicted molar refractivity (Wildman–Crippen MR) is 119 cm³/mol. The third-order valence-electron chi connectivity index (χ3n) is 5.81. The largest absolute Gasteiger partial charge is 0.466 e. The normalized spacial score (nSPS) is 19.0. The molecule has 34 heavy (non-hydrogen) atoms. The molecule has 4 rings (SSSR count). The summed E-state index contributed by atoms with van der Waals surface area (Å²) >= 11 is 0. The zero-order valence-corrected chi connectivity index (χ0v) is 18.5. The second-order valence-electron chi connectivity index (χ2n) is 7.68. The molecule has 2 aliphatic rings. The Morgan fingerprint density at radius 1 is 1.15 bits per heavy atom. The van der Waals surface area contributed by atoms with Crippen molar-refractivity contribution in [3.05, 3.63) is 88.5 Å². The van der Waals surface area contributed by atoms with E-state index in [2.05, 4.69) is 0 Å². The highest BCUT2D eigenvalue weighted by atomic mass is 16.5. The van der Waals surface area contributed by atoms with Crippen LogP contribution in [0.15, 0.2) is 77.4 Å². The lowest BCUT2D eigenvalue weighted by Gasteiger charge is -2.34. The van der Waals surface area contributed by atoms with Gasteiger partial charge in [0.05, 0.1) is 7.11 Å². The van der Waals surface area contributed by atoms with E-state index in [1.807, 2.05) is 36.4 Å². The van der Waals surface area contributed by atoms with Crippen molar-refractivity contribution >= 4 is 23.5 Å². The summed E-state index contributed by atoms with van der Waals surface area (Å²) in [7, 11) is 1.16. The first-order valence-corrected chi connectivity index (χ1v) is 10.3. The van der Waals surface area contributed by atoms with Crippen molar-refractivity contribution in [2.45, 2.75) is 18.9 Å². The van der Waals surface area contributed by atoms with Gasteiger partial charge in [0.1, 0.15) is 36.1 Å². The number of carbonyl (C=O) groups excluding carboxylic acids is 3. The standard InChI is InChI=1S/C25H21N3O6/c1-15-21(23(30)32-2)25(18(12-26)22(27)34-15)17-10-6-7-11-19(17)28(24(25)31)13-20(29)33-14-16-8-4-3-5-9-16/h3-11H,13-14,27H2,1-2H3/t25-/m1/s1. The number of carbonyl (C=O) groups is 3. The van der Waals surface area contributed by atoms with E-state index in [1.54, 1.807) is 24.3 Å². The number of rotatable bonds is 5. The second kappa shape index (κ2) is 8.75. The number of hydrogen-bond donors (Lipinski definition) is 1. The second-order valence-corrected chi connectivity index (χ2v) is 7.68. The number of ether oxygens (including phenoxy) is 3. The van der Waals surface area contributed by atoms with E-state index < -0.39 is 29.8 Å². The van der Waals surface area contributed by atoms with Crippen LogP contribution < -0.4 is 10.6 Å². The Balaban J connectivity index is 1.78. The maximum absolute atomic E-state index is 14.0. The van der Waals surface area contributed by atoms with Crippen LogP contribution in [-0.2, 0) is 40.6 Å². The Kier molecular flexibility index (Phi) is 5.82. The Hall–Kier alpha value is -4.58. The number of amides is 1. The number of hydrogen-bond acceptors (Lipinski definition) is 8. The van der Waals surface area contributed by atoms with Gasteiger partial charge in [0.2, 0.25) is 11.8 Å². The number of esters is 2. The lowest BCUT2D eigenvalue weighted by molar-refractivity contribution is -0.144. The minimum absolute atomic E-state index is 0.0278. The molecule has 9 heteroatoms. The van der Waals surface area contributed by atoms with E-state index in [-0.39, 0.29) is 29.4 Å². The van der Waals surface area contributed by atoms with Gasteiger partial charge in [-0.3, -0.25) is 14.5 Å². The summed E-state index contributed by atoms with van der Waals surface area (Å²) < 4.78 is 15.7. The lowest BCUT2D eigenvalue weighted by atomic mass is 9.68. The summed E-state index contributed by atoms with van der Waals surface area (Å²) in [6.07, 6.45) is 0. The van der Waals surface area contributed by atoms with Gasteiger partial charge >= 0.3 is 11.9 Å². The molecule has 0 saturated carbocycles. The fraction of sp³-hybridized carbons (Fsp3) is 0.200. The molecular formula is C25H21N3O6. The van der Waals surface area contributed by atoms with Gasteiger partial charge in [-0.2, -0.15) is 5.26 Å². The van der Waals surface area contributed by atoms with Crippen LogP contribution in [0.5, 0.6) is 0 Å². The van der Waals surface area contributed by atoms with Crippen LogP contribution in [0.1, 0.15) is 18.1 Å². The zero-order chi connectivity index (χ0) is 24.5. The molecule has 0 radical (unpaired) electrons. The first kappa shape index (κ1) is 22.6. The zero-order valence-electron chi connectivity index (χ0n) is 18.5. The topological polar surface area (TPSA) is 132 Å². The number of benzene rings is 2. The highest BCUT2D eigenvalue weighted by molar-refractivity contribution is 6.19. The fourth-order valence-electron chi connectivity index (χ4n) is 4.38. The first-order valence-electron chi connectivity index (χ1n) is 10.3. The van der Waals surface area contributed by atoms with Gasteiger partial charge in [-0.15, -0.1) is 0 Å². The molecule has 2 aliphatic heterocycles. The van der Waals surface area contributed by atoms with Gasteiger partial charge in [0.15, 0.2) is 5.41 Å². The van der Waals surface area contributed by atoms with E-state index in [1.165, 1.54) is 11.8 Å². The smallest absolute Gasteiger partial charge is 0.339 e. The average Bonchev–Trinajstić information content (AvgIpc) is 3.07. The molecule has 0 aromatic heterocycles. The molecular weight excluding hydrogens is 438 g/mol. The Morgan fingerprint density at radius 2 is 1.82 bits per heavy atom. The van der Waals surface area contributed by atoms with E-state index in [0.717, 1.165) is 12.7 Å². The van der Waals surface area contributed by atoms with E-state index >= 15 is 0 Å². The quantitative estimate of drug-likeness (QED) is 0.673. The fourth-order valence-corrected chi connectivity index (χ4v) is 4.38. The molecule has 2 aromatic rings. The third-order valence-corrected chi connectivity index (χ3v) is 5.81. The van der Waals surface area contributed by atoms with Gasteiger partial charge in [-0.1, -0.05) is 48.5 Å². The van der Waals surface area contributed by atoms with Crippen LogP contribution in [0.3, 0.4) is 0 Å². The summed E-state index contributed by atoms with van der Waals surface area (Å²) in [5, 5.41) is 9.96. The van der Waals surface area contributed by atoms with Gasteiger partial charge in [-0.05, 0) is 18.6 Å². The van der Waals surface area contributed by atoms with Crippen molar-refractivity contribution in [3.63, 3.8) is 0 Å². The van der Waals surface area contributed by atoms with Crippen molar-refractivity contribution < 1.29 is 28.6 Å². The van der Waals surface area contributed by atoms with Crippen molar-refractivity contribution in [1.29, 1.82) is 5.26 Å². The van der Waals surface area contributed by atoms with Crippen molar-refractivity contribution in [2.24, 2.45) is 5.73 Å². The van der Waals surface area contributed by atoms with Crippen molar-refractivity contribution in [3.8, 4) is 6.07 Å². The lowest BCUT2D eigenvalue weighted by Crippen LogP contribution is -2.49. The Labute approximate surface area is 195 Å². The number of para-hydroxylation sites is 1. The Morgan fingerprint density at radius 3 is 2.50 bits per heavy atom. The van der Waals surface area contributed by atoms with Crippen LogP contribution >= 0.6 is 0 Å². The monoisotopic (exact) mass is 459 g/mol. The summed E-state index contributed by atoms with van der Waals surface area (Å²) in [5.41, 5.74) is 5.13. The number of nitrogens with zero attached hydrogens (tertiary/aromatic N) is 2. The summed E-state index contributed by atoms with van der Waals surface area (Å²) in [6.45, 7) is 1.06. The molecule has 1 atom stereocenters. The summed E-state index contributed by atoms with van der Waals surface area (Å²) in [6, 6.07) is 17.6. The van der Waals surface area contributed by atoms with Crippen LogP contribution in [0.25, 0.3) is 0 Å². The van der Waals surface area contributed by atoms with E-state index in [4.69, 9.17) is 19.9 Å². The number of nitrogens with two attached hydrogens (primary N) is 1. The number of methoxy groups -OCH3 is 1. The molecule has 9 nitrogen and oxygen atoms in total. The summed E-state index contributed by atoms with van der Waals surface area (Å²) in [5.74, 6) is -2.49. The molecule has 0 aliphatic carbocycles. The van der Waals surface area contributed by atoms with Crippen molar-refractivity contribution in [2.75, 3.05) is 18.6 Å². The van der Waals surface area contributed by atoms with E-state index in [0.29, 0.717) is 11.3 Å². The van der Waals surface area contributed by atoms with Gasteiger partial charge < -0.3 is 19.9 Å². The van der Waals surface area contributed by atoms with Crippen LogP contribution in [0.4, 0.5) is 5.69 Å². The van der Waals surface area contributed by atoms with E-state index in [9.17, 15) is 19.6 Å². The number of nitriles is 1.